The Kier molecular flexibility index (Phi) is 3.10. The van der Waals surface area contributed by atoms with Gasteiger partial charge in [-0.2, -0.15) is 0 Å². The fraction of sp³-hybridized carbons (Fsp3) is 0.333. The minimum atomic E-state index is -3.07. The smallest absolute Gasteiger partial charge is 0.156 e. The van der Waals surface area contributed by atoms with Crippen molar-refractivity contribution >= 4 is 31.4 Å². The molecule has 3 aromatic carbocycles. The molecule has 0 aromatic heterocycles. The van der Waals surface area contributed by atoms with Gasteiger partial charge in [0.2, 0.25) is 0 Å². The predicted octanol–water partition coefficient (Wildman–Crippen LogP) is 3.92. The van der Waals surface area contributed by atoms with Gasteiger partial charge in [-0.3, -0.25) is 0 Å². The van der Waals surface area contributed by atoms with Crippen molar-refractivity contribution in [2.24, 2.45) is 0 Å². The van der Waals surface area contributed by atoms with Crippen LogP contribution in [0.25, 0.3) is 21.5 Å². The quantitative estimate of drug-likeness (QED) is 0.675. The molecule has 25 heavy (non-hydrogen) atoms. The Morgan fingerprint density at radius 2 is 1.32 bits per heavy atom. The van der Waals surface area contributed by atoms with Gasteiger partial charge in [0.1, 0.15) is 0 Å². The molecule has 0 spiro atoms. The van der Waals surface area contributed by atoms with Crippen molar-refractivity contribution in [3.63, 3.8) is 0 Å². The zero-order valence-electron chi connectivity index (χ0n) is 13.9. The predicted molar refractivity (Wildman–Crippen MR) is 100 cm³/mol. The lowest BCUT2D eigenvalue weighted by Gasteiger charge is -2.38. The Morgan fingerprint density at radius 3 is 1.84 bits per heavy atom. The lowest BCUT2D eigenvalue weighted by atomic mass is 9.80. The first-order valence-electron chi connectivity index (χ1n) is 8.85. The number of rotatable bonds is 1. The van der Waals surface area contributed by atoms with Crippen molar-refractivity contribution in [3.05, 3.63) is 60.2 Å². The molecule has 2 aliphatic rings. The van der Waals surface area contributed by atoms with Crippen LogP contribution in [-0.2, 0) is 15.4 Å². The van der Waals surface area contributed by atoms with Gasteiger partial charge in [0.25, 0.3) is 0 Å². The Labute approximate surface area is 147 Å². The Balaban J connectivity index is 1.82. The van der Waals surface area contributed by atoms with Crippen molar-refractivity contribution in [1.82, 2.24) is 0 Å². The van der Waals surface area contributed by atoms with E-state index in [1.807, 2.05) is 36.4 Å². The van der Waals surface area contributed by atoms with Crippen molar-refractivity contribution in [2.45, 2.75) is 41.8 Å². The van der Waals surface area contributed by atoms with Gasteiger partial charge in [-0.05, 0) is 58.9 Å². The number of sulfone groups is 1. The molecule has 5 rings (SSSR count). The van der Waals surface area contributed by atoms with Crippen molar-refractivity contribution < 1.29 is 13.5 Å². The minimum Gasteiger partial charge on any atom is -0.385 e. The largest absolute Gasteiger partial charge is 0.385 e. The third-order valence-electron chi connectivity index (χ3n) is 6.11. The Bertz CT molecular complexity index is 1030. The number of hydrogen-bond donors (Lipinski definition) is 1. The standard InChI is InChI=1S/C21H20O3S/c22-21(12-16-9-10-17(13-21)25(16,23)24)20-18-7-3-1-5-14(18)11-15-6-2-4-8-19(15)20/h1-8,11,16-17,22H,9-10,12-13H2. The summed E-state index contributed by atoms with van der Waals surface area (Å²) in [6, 6.07) is 18.3. The molecule has 0 radical (unpaired) electrons. The summed E-state index contributed by atoms with van der Waals surface area (Å²) in [4.78, 5) is 0. The highest BCUT2D eigenvalue weighted by Gasteiger charge is 2.53. The van der Waals surface area contributed by atoms with E-state index < -0.39 is 25.9 Å². The summed E-state index contributed by atoms with van der Waals surface area (Å²) in [5.74, 6) is 0. The van der Waals surface area contributed by atoms with Crippen LogP contribution in [0.3, 0.4) is 0 Å². The Morgan fingerprint density at radius 1 is 0.840 bits per heavy atom. The average Bonchev–Trinajstić information content (AvgIpc) is 2.77. The van der Waals surface area contributed by atoms with E-state index in [1.165, 1.54) is 0 Å². The van der Waals surface area contributed by atoms with Gasteiger partial charge in [0, 0.05) is 0 Å². The van der Waals surface area contributed by atoms with Crippen LogP contribution in [0, 0.1) is 0 Å². The molecule has 2 atom stereocenters. The molecule has 2 saturated heterocycles. The average molecular weight is 352 g/mol. The third-order valence-corrected chi connectivity index (χ3v) is 8.77. The van der Waals surface area contributed by atoms with Gasteiger partial charge in [-0.1, -0.05) is 48.5 Å². The summed E-state index contributed by atoms with van der Waals surface area (Å²) in [6.45, 7) is 0. The van der Waals surface area contributed by atoms with E-state index in [0.717, 1.165) is 27.1 Å². The van der Waals surface area contributed by atoms with Gasteiger partial charge in [-0.25, -0.2) is 8.42 Å². The van der Waals surface area contributed by atoms with Crippen LogP contribution in [0.15, 0.2) is 54.6 Å². The SMILES string of the molecule is O=S1(=O)C2CCC1CC(O)(c1c3ccccc3cc3ccccc13)C2. The molecule has 2 aliphatic heterocycles. The van der Waals surface area contributed by atoms with Gasteiger partial charge in [0.05, 0.1) is 16.1 Å². The molecular formula is C21H20O3S. The fourth-order valence-electron chi connectivity index (χ4n) is 4.96. The molecular weight excluding hydrogens is 332 g/mol. The third kappa shape index (κ3) is 2.10. The van der Waals surface area contributed by atoms with Crippen LogP contribution < -0.4 is 0 Å². The topological polar surface area (TPSA) is 54.4 Å². The zero-order chi connectivity index (χ0) is 17.2. The summed E-state index contributed by atoms with van der Waals surface area (Å²) >= 11 is 0. The van der Waals surface area contributed by atoms with E-state index in [2.05, 4.69) is 18.2 Å². The molecule has 0 aliphatic carbocycles. The first kappa shape index (κ1) is 15.4. The van der Waals surface area contributed by atoms with Crippen LogP contribution in [0.1, 0.15) is 31.2 Å². The first-order valence-corrected chi connectivity index (χ1v) is 10.5. The molecule has 2 fully saturated rings. The van der Waals surface area contributed by atoms with E-state index in [9.17, 15) is 13.5 Å². The van der Waals surface area contributed by atoms with Crippen LogP contribution in [0.5, 0.6) is 0 Å². The highest BCUT2D eigenvalue weighted by atomic mass is 32.2. The number of aliphatic hydroxyl groups is 1. The van der Waals surface area contributed by atoms with Crippen molar-refractivity contribution in [2.75, 3.05) is 0 Å². The minimum absolute atomic E-state index is 0.309. The summed E-state index contributed by atoms with van der Waals surface area (Å²) in [5.41, 5.74) is -0.176. The van der Waals surface area contributed by atoms with E-state index in [1.54, 1.807) is 0 Å². The van der Waals surface area contributed by atoms with E-state index >= 15 is 0 Å². The summed E-state index contributed by atoms with van der Waals surface area (Å²) < 4.78 is 25.0. The summed E-state index contributed by atoms with van der Waals surface area (Å²) in [7, 11) is -3.07. The molecule has 1 N–H and O–H groups in total. The van der Waals surface area contributed by atoms with Gasteiger partial charge in [-0.15, -0.1) is 0 Å². The van der Waals surface area contributed by atoms with Crippen molar-refractivity contribution in [3.8, 4) is 0 Å². The van der Waals surface area contributed by atoms with Crippen LogP contribution in [-0.4, -0.2) is 24.0 Å². The van der Waals surface area contributed by atoms with Crippen molar-refractivity contribution in [1.29, 1.82) is 0 Å². The van der Waals surface area contributed by atoms with Gasteiger partial charge < -0.3 is 5.11 Å². The molecule has 3 aromatic rings. The van der Waals surface area contributed by atoms with E-state index in [4.69, 9.17) is 0 Å². The van der Waals surface area contributed by atoms with E-state index in [-0.39, 0.29) is 0 Å². The van der Waals surface area contributed by atoms with E-state index in [0.29, 0.717) is 25.7 Å². The maximum Gasteiger partial charge on any atom is 0.156 e. The Hall–Kier alpha value is -1.91. The highest BCUT2D eigenvalue weighted by molar-refractivity contribution is 7.93. The summed E-state index contributed by atoms with van der Waals surface area (Å²) in [5, 5.41) is 15.1. The number of fused-ring (bicyclic) bond motifs is 4. The zero-order valence-corrected chi connectivity index (χ0v) is 14.7. The van der Waals surface area contributed by atoms with Gasteiger partial charge in [0.15, 0.2) is 9.84 Å². The molecule has 128 valence electrons. The second-order valence-corrected chi connectivity index (χ2v) is 10.1. The molecule has 4 heteroatoms. The lowest BCUT2D eigenvalue weighted by molar-refractivity contribution is 0.0202. The van der Waals surface area contributed by atoms with Crippen LogP contribution in [0.4, 0.5) is 0 Å². The maximum absolute atomic E-state index is 12.5. The second kappa shape index (κ2) is 5.05. The number of benzene rings is 3. The maximum atomic E-state index is 12.5. The normalized spacial score (nSPS) is 30.8. The van der Waals surface area contributed by atoms with Crippen LogP contribution in [0.2, 0.25) is 0 Å². The monoisotopic (exact) mass is 352 g/mol. The molecule has 2 heterocycles. The fourth-order valence-corrected chi connectivity index (χ4v) is 7.45. The molecule has 0 amide bonds. The molecule has 3 nitrogen and oxygen atoms in total. The lowest BCUT2D eigenvalue weighted by Crippen LogP contribution is -2.43. The molecule has 2 bridgehead atoms. The number of hydrogen-bond acceptors (Lipinski definition) is 3. The second-order valence-electron chi connectivity index (χ2n) is 7.54. The highest BCUT2D eigenvalue weighted by Crippen LogP contribution is 2.50. The van der Waals surface area contributed by atoms with Gasteiger partial charge >= 0.3 is 0 Å². The van der Waals surface area contributed by atoms with Crippen LogP contribution >= 0.6 is 0 Å². The first-order chi connectivity index (χ1) is 12.0. The molecule has 0 saturated carbocycles. The molecule has 2 unspecified atom stereocenters. The summed E-state index contributed by atoms with van der Waals surface area (Å²) in [6.07, 6.45) is 1.98.